The van der Waals surface area contributed by atoms with Gasteiger partial charge in [-0.3, -0.25) is 9.59 Å². The number of carbonyl (C=O) groups is 1. The first-order valence-corrected chi connectivity index (χ1v) is 9.07. The number of carbonyl (C=O) groups excluding carboxylic acids is 1. The Hall–Kier alpha value is -3.01. The van der Waals surface area contributed by atoms with Gasteiger partial charge in [-0.15, -0.1) is 0 Å². The second kappa shape index (κ2) is 7.31. The minimum absolute atomic E-state index is 0.120. The smallest absolute Gasteiger partial charge is 0.267 e. The van der Waals surface area contributed by atoms with Gasteiger partial charge in [-0.25, -0.2) is 4.68 Å². The number of aryl methyl sites for hydroxylation is 4. The van der Waals surface area contributed by atoms with Gasteiger partial charge >= 0.3 is 0 Å². The van der Waals surface area contributed by atoms with E-state index < -0.39 is 6.04 Å². The lowest BCUT2D eigenvalue weighted by Crippen LogP contribution is -2.30. The monoisotopic (exact) mass is 360 g/mol. The summed E-state index contributed by atoms with van der Waals surface area (Å²) in [6.07, 6.45) is 0. The first kappa shape index (κ1) is 18.8. The van der Waals surface area contributed by atoms with Crippen LogP contribution in [-0.4, -0.2) is 15.6 Å². The van der Waals surface area contributed by atoms with Gasteiger partial charge in [0.1, 0.15) is 6.04 Å². The van der Waals surface area contributed by atoms with E-state index in [1.807, 2.05) is 58.0 Å². The summed E-state index contributed by atoms with van der Waals surface area (Å²) in [5.74, 6) is -0.120. The minimum Gasteiger partial charge on any atom is -0.292 e. The number of aromatic nitrogens is 2. The highest BCUT2D eigenvalue weighted by Gasteiger charge is 2.20. The fourth-order valence-corrected chi connectivity index (χ4v) is 3.11. The van der Waals surface area contributed by atoms with E-state index in [4.69, 9.17) is 0 Å². The standard InChI is InChI=1S/C23H24N2O2/c1-14-6-7-16(3)20(12-14)21-10-11-22(26)25(24-21)18(5)23(27)19-9-8-15(2)17(4)13-19/h6-13,18H,1-5H3/t18-/m0/s1. The van der Waals surface area contributed by atoms with Crippen LogP contribution in [0.2, 0.25) is 0 Å². The Bertz CT molecular complexity index is 1080. The maximum atomic E-state index is 12.9. The van der Waals surface area contributed by atoms with E-state index in [1.54, 1.807) is 19.1 Å². The third kappa shape index (κ3) is 3.75. The Morgan fingerprint density at radius 2 is 1.59 bits per heavy atom. The molecule has 0 spiro atoms. The topological polar surface area (TPSA) is 52.0 Å². The van der Waals surface area contributed by atoms with E-state index in [0.717, 1.165) is 27.8 Å². The molecular formula is C23H24N2O2. The molecule has 27 heavy (non-hydrogen) atoms. The molecule has 1 aromatic heterocycles. The molecule has 0 saturated carbocycles. The average molecular weight is 360 g/mol. The summed E-state index contributed by atoms with van der Waals surface area (Å²) in [6.45, 7) is 9.73. The van der Waals surface area contributed by atoms with Crippen molar-refractivity contribution in [3.8, 4) is 11.3 Å². The zero-order valence-corrected chi connectivity index (χ0v) is 16.4. The summed E-state index contributed by atoms with van der Waals surface area (Å²) >= 11 is 0. The zero-order valence-electron chi connectivity index (χ0n) is 16.4. The molecule has 4 heteroatoms. The number of Topliss-reactive ketones (excluding diaryl/α,β-unsaturated/α-hetero) is 1. The van der Waals surface area contributed by atoms with Crippen molar-refractivity contribution in [3.05, 3.63) is 86.7 Å². The average Bonchev–Trinajstić information content (AvgIpc) is 2.65. The van der Waals surface area contributed by atoms with Crippen molar-refractivity contribution in [2.75, 3.05) is 0 Å². The highest BCUT2D eigenvalue weighted by atomic mass is 16.1. The summed E-state index contributed by atoms with van der Waals surface area (Å²) < 4.78 is 1.29. The molecule has 0 aliphatic heterocycles. The lowest BCUT2D eigenvalue weighted by Gasteiger charge is -2.15. The summed E-state index contributed by atoms with van der Waals surface area (Å²) in [5, 5.41) is 4.51. The minimum atomic E-state index is -0.676. The van der Waals surface area contributed by atoms with Crippen molar-refractivity contribution in [1.29, 1.82) is 0 Å². The van der Waals surface area contributed by atoms with Crippen molar-refractivity contribution < 1.29 is 4.79 Å². The molecule has 1 atom stereocenters. The van der Waals surface area contributed by atoms with Crippen molar-refractivity contribution in [1.82, 2.24) is 9.78 Å². The van der Waals surface area contributed by atoms with Crippen molar-refractivity contribution in [2.24, 2.45) is 0 Å². The number of hydrogen-bond acceptors (Lipinski definition) is 3. The number of ketones is 1. The second-order valence-electron chi connectivity index (χ2n) is 7.16. The Morgan fingerprint density at radius 1 is 0.889 bits per heavy atom. The number of benzene rings is 2. The molecule has 0 fully saturated rings. The van der Waals surface area contributed by atoms with E-state index >= 15 is 0 Å². The van der Waals surface area contributed by atoms with Gasteiger partial charge in [0.05, 0.1) is 5.69 Å². The van der Waals surface area contributed by atoms with Crippen LogP contribution in [0, 0.1) is 27.7 Å². The summed E-state index contributed by atoms with van der Waals surface area (Å²) in [5.41, 5.74) is 6.35. The largest absolute Gasteiger partial charge is 0.292 e. The molecule has 0 radical (unpaired) electrons. The third-order valence-electron chi connectivity index (χ3n) is 5.03. The molecule has 0 aliphatic carbocycles. The molecule has 0 aliphatic rings. The summed E-state index contributed by atoms with van der Waals surface area (Å²) in [6, 6.07) is 14.2. The molecule has 1 heterocycles. The fraction of sp³-hybridized carbons (Fsp3) is 0.261. The van der Waals surface area contributed by atoms with E-state index in [2.05, 4.69) is 5.10 Å². The van der Waals surface area contributed by atoms with Gasteiger partial charge in [0.25, 0.3) is 5.56 Å². The highest BCUT2D eigenvalue weighted by Crippen LogP contribution is 2.23. The second-order valence-corrected chi connectivity index (χ2v) is 7.16. The quantitative estimate of drug-likeness (QED) is 0.640. The van der Waals surface area contributed by atoms with Gasteiger partial charge in [-0.05, 0) is 69.5 Å². The summed E-state index contributed by atoms with van der Waals surface area (Å²) in [4.78, 5) is 25.3. The molecule has 0 N–H and O–H groups in total. The molecule has 0 bridgehead atoms. The molecule has 0 amide bonds. The van der Waals surface area contributed by atoms with Gasteiger partial charge in [0, 0.05) is 17.2 Å². The number of rotatable bonds is 4. The van der Waals surface area contributed by atoms with Gasteiger partial charge in [-0.1, -0.05) is 29.8 Å². The van der Waals surface area contributed by atoms with Crippen LogP contribution in [0.1, 0.15) is 45.6 Å². The van der Waals surface area contributed by atoms with E-state index in [1.165, 1.54) is 10.7 Å². The van der Waals surface area contributed by atoms with E-state index in [0.29, 0.717) is 11.3 Å². The molecular weight excluding hydrogens is 336 g/mol. The highest BCUT2D eigenvalue weighted by molar-refractivity contribution is 5.99. The van der Waals surface area contributed by atoms with E-state index in [9.17, 15) is 9.59 Å². The van der Waals surface area contributed by atoms with Gasteiger partial charge in [0.15, 0.2) is 5.78 Å². The zero-order chi connectivity index (χ0) is 19.7. The predicted molar refractivity (Wildman–Crippen MR) is 108 cm³/mol. The van der Waals surface area contributed by atoms with Crippen molar-refractivity contribution in [3.63, 3.8) is 0 Å². The molecule has 4 nitrogen and oxygen atoms in total. The van der Waals surface area contributed by atoms with Crippen molar-refractivity contribution >= 4 is 5.78 Å². The van der Waals surface area contributed by atoms with Gasteiger partial charge in [-0.2, -0.15) is 5.10 Å². The van der Waals surface area contributed by atoms with Crippen LogP contribution < -0.4 is 5.56 Å². The molecule has 0 saturated heterocycles. The van der Waals surface area contributed by atoms with Crippen LogP contribution in [0.3, 0.4) is 0 Å². The molecule has 3 aromatic rings. The molecule has 138 valence electrons. The van der Waals surface area contributed by atoms with E-state index in [-0.39, 0.29) is 11.3 Å². The number of hydrogen-bond donors (Lipinski definition) is 0. The van der Waals surface area contributed by atoms with Crippen molar-refractivity contribution in [2.45, 2.75) is 40.7 Å². The molecule has 3 rings (SSSR count). The predicted octanol–water partition coefficient (Wildman–Crippen LogP) is 4.59. The number of nitrogens with zero attached hydrogens (tertiary/aromatic N) is 2. The Labute approximate surface area is 159 Å². The van der Waals surface area contributed by atoms with Crippen LogP contribution >= 0.6 is 0 Å². The third-order valence-corrected chi connectivity index (χ3v) is 5.03. The van der Waals surface area contributed by atoms with Crippen LogP contribution in [0.4, 0.5) is 0 Å². The molecule has 2 aromatic carbocycles. The fourth-order valence-electron chi connectivity index (χ4n) is 3.11. The summed E-state index contributed by atoms with van der Waals surface area (Å²) in [7, 11) is 0. The maximum absolute atomic E-state index is 12.9. The van der Waals surface area contributed by atoms with Gasteiger partial charge in [0.2, 0.25) is 0 Å². The lowest BCUT2D eigenvalue weighted by molar-refractivity contribution is 0.0925. The van der Waals surface area contributed by atoms with Gasteiger partial charge < -0.3 is 0 Å². The first-order chi connectivity index (χ1) is 12.8. The first-order valence-electron chi connectivity index (χ1n) is 9.07. The Balaban J connectivity index is 2.03. The van der Waals surface area contributed by atoms with Crippen LogP contribution in [-0.2, 0) is 0 Å². The Kier molecular flexibility index (Phi) is 5.08. The lowest BCUT2D eigenvalue weighted by atomic mass is 10.0. The van der Waals surface area contributed by atoms with Crippen LogP contribution in [0.5, 0.6) is 0 Å². The van der Waals surface area contributed by atoms with Crippen LogP contribution in [0.25, 0.3) is 11.3 Å². The Morgan fingerprint density at radius 3 is 2.30 bits per heavy atom. The normalized spacial score (nSPS) is 12.0. The maximum Gasteiger partial charge on any atom is 0.267 e. The molecule has 0 unspecified atom stereocenters. The van der Waals surface area contributed by atoms with Crippen LogP contribution in [0.15, 0.2) is 53.3 Å². The SMILES string of the molecule is Cc1ccc(C)c(-c2ccc(=O)n([C@@H](C)C(=O)c3ccc(C)c(C)c3)n2)c1.